The number of nitrogens with one attached hydrogen (secondary N) is 1. The number of sulfonamides is 1. The summed E-state index contributed by atoms with van der Waals surface area (Å²) in [4.78, 5) is 11.1. The van der Waals surface area contributed by atoms with E-state index in [-0.39, 0.29) is 5.56 Å². The van der Waals surface area contributed by atoms with Gasteiger partial charge in [0.15, 0.2) is 0 Å². The number of carbonyl (C=O) groups excluding carboxylic acids is 1. The Morgan fingerprint density at radius 3 is 1.96 bits per heavy atom. The van der Waals surface area contributed by atoms with Crippen LogP contribution in [-0.4, -0.2) is 37.3 Å². The van der Waals surface area contributed by atoms with E-state index in [4.69, 9.17) is 5.26 Å². The molecular formula is C12H10F6N4O3S. The van der Waals surface area contributed by atoms with Gasteiger partial charge in [-0.25, -0.2) is 17.6 Å². The third kappa shape index (κ3) is 3.83. The molecular weight excluding hydrogens is 394 g/mol. The SMILES string of the molecule is CC(F)(C(F)(F)F)C(F)(F)N(NS(=O)(=O)c1ccc(C#N)cc1)C(N)=O. The zero-order valence-electron chi connectivity index (χ0n) is 12.7. The summed E-state index contributed by atoms with van der Waals surface area (Å²) in [6, 6.07) is -3.08. The minimum atomic E-state index is -6.16. The normalized spacial score (nSPS) is 15.0. The van der Waals surface area contributed by atoms with Gasteiger partial charge in [0.2, 0.25) is 0 Å². The van der Waals surface area contributed by atoms with E-state index in [0.29, 0.717) is 0 Å². The highest BCUT2D eigenvalue weighted by atomic mass is 32.2. The van der Waals surface area contributed by atoms with Gasteiger partial charge in [-0.2, -0.15) is 32.2 Å². The number of rotatable bonds is 5. The molecule has 0 heterocycles. The van der Waals surface area contributed by atoms with Gasteiger partial charge in [0, 0.05) is 0 Å². The Morgan fingerprint density at radius 1 is 1.15 bits per heavy atom. The fraction of sp³-hybridized carbons (Fsp3) is 0.333. The number of carbonyl (C=O) groups is 1. The van der Waals surface area contributed by atoms with E-state index in [0.717, 1.165) is 29.1 Å². The Kier molecular flexibility index (Phi) is 5.50. The maximum absolute atomic E-state index is 13.9. The monoisotopic (exact) mass is 404 g/mol. The first-order valence-corrected chi connectivity index (χ1v) is 7.82. The molecule has 0 spiro atoms. The smallest absolute Gasteiger partial charge is 0.350 e. The van der Waals surface area contributed by atoms with Gasteiger partial charge in [0.05, 0.1) is 16.5 Å². The van der Waals surface area contributed by atoms with Crippen LogP contribution in [0.3, 0.4) is 0 Å². The predicted octanol–water partition coefficient (Wildman–Crippen LogP) is 2.02. The average molecular weight is 404 g/mol. The number of primary amides is 1. The number of hydrazine groups is 1. The van der Waals surface area contributed by atoms with Crippen LogP contribution in [0, 0.1) is 11.3 Å². The minimum absolute atomic E-state index is 0.0190. The van der Waals surface area contributed by atoms with Crippen molar-refractivity contribution >= 4 is 16.1 Å². The number of nitriles is 1. The van der Waals surface area contributed by atoms with E-state index < -0.39 is 50.8 Å². The molecule has 0 saturated carbocycles. The first-order chi connectivity index (χ1) is 11.6. The number of benzene rings is 1. The minimum Gasteiger partial charge on any atom is -0.350 e. The van der Waals surface area contributed by atoms with Crippen molar-refractivity contribution in [1.82, 2.24) is 9.84 Å². The van der Waals surface area contributed by atoms with Crippen LogP contribution in [0.4, 0.5) is 31.1 Å². The largest absolute Gasteiger partial charge is 0.430 e. The molecule has 0 bridgehead atoms. The van der Waals surface area contributed by atoms with E-state index >= 15 is 0 Å². The maximum atomic E-state index is 13.9. The Bertz CT molecular complexity index is 830. The summed E-state index contributed by atoms with van der Waals surface area (Å²) < 4.78 is 103. The van der Waals surface area contributed by atoms with Crippen molar-refractivity contribution in [3.05, 3.63) is 29.8 Å². The quantitative estimate of drug-likeness (QED) is 0.444. The van der Waals surface area contributed by atoms with Crippen LogP contribution in [0.25, 0.3) is 0 Å². The highest BCUT2D eigenvalue weighted by Gasteiger charge is 2.72. The molecule has 14 heteroatoms. The van der Waals surface area contributed by atoms with Gasteiger partial charge in [-0.05, 0) is 31.2 Å². The second kappa shape index (κ2) is 6.65. The van der Waals surface area contributed by atoms with Gasteiger partial charge >= 0.3 is 18.3 Å². The van der Waals surface area contributed by atoms with E-state index in [1.165, 1.54) is 0 Å². The number of amides is 2. The van der Waals surface area contributed by atoms with E-state index in [1.54, 1.807) is 6.07 Å². The molecule has 1 atom stereocenters. The molecule has 1 aromatic rings. The lowest BCUT2D eigenvalue weighted by Crippen LogP contribution is -2.68. The van der Waals surface area contributed by atoms with Crippen LogP contribution in [0.1, 0.15) is 12.5 Å². The average Bonchev–Trinajstić information content (AvgIpc) is 2.51. The van der Waals surface area contributed by atoms with Crippen molar-refractivity contribution in [3.63, 3.8) is 0 Å². The lowest BCUT2D eigenvalue weighted by atomic mass is 10.1. The molecule has 1 aromatic carbocycles. The summed E-state index contributed by atoms with van der Waals surface area (Å²) in [5, 5.41) is 7.13. The van der Waals surface area contributed by atoms with E-state index in [9.17, 15) is 39.6 Å². The molecule has 1 rings (SSSR count). The Balaban J connectivity index is 3.34. The highest BCUT2D eigenvalue weighted by molar-refractivity contribution is 7.89. The topological polar surface area (TPSA) is 116 Å². The van der Waals surface area contributed by atoms with Crippen molar-refractivity contribution in [2.24, 2.45) is 5.73 Å². The molecule has 0 aliphatic heterocycles. The number of urea groups is 1. The first kappa shape index (κ1) is 21.5. The molecule has 0 saturated heterocycles. The molecule has 0 aliphatic carbocycles. The van der Waals surface area contributed by atoms with Crippen molar-refractivity contribution in [2.75, 3.05) is 0 Å². The molecule has 3 N–H and O–H groups in total. The van der Waals surface area contributed by atoms with Crippen molar-refractivity contribution in [3.8, 4) is 6.07 Å². The molecule has 0 radical (unpaired) electrons. The molecule has 2 amide bonds. The molecule has 1 unspecified atom stereocenters. The lowest BCUT2D eigenvalue weighted by Gasteiger charge is -2.37. The number of hydrogen-bond acceptors (Lipinski definition) is 4. The van der Waals surface area contributed by atoms with Gasteiger partial charge in [0.1, 0.15) is 0 Å². The summed E-state index contributed by atoms with van der Waals surface area (Å²) in [7, 11) is -5.07. The Labute approximate surface area is 143 Å². The second-order valence-corrected chi connectivity index (χ2v) is 6.61. The van der Waals surface area contributed by atoms with Crippen LogP contribution >= 0.6 is 0 Å². The van der Waals surface area contributed by atoms with Crippen molar-refractivity contribution < 1.29 is 39.6 Å². The maximum Gasteiger partial charge on any atom is 0.430 e. The van der Waals surface area contributed by atoms with Gasteiger partial charge < -0.3 is 5.73 Å². The first-order valence-electron chi connectivity index (χ1n) is 6.33. The number of nitrogens with zero attached hydrogens (tertiary/aromatic N) is 2. The number of alkyl halides is 6. The molecule has 144 valence electrons. The summed E-state index contributed by atoms with van der Waals surface area (Å²) in [6.07, 6.45) is -6.16. The van der Waals surface area contributed by atoms with Crippen molar-refractivity contribution in [1.29, 1.82) is 5.26 Å². The fourth-order valence-corrected chi connectivity index (χ4v) is 2.55. The molecule has 0 aliphatic rings. The molecule has 0 fully saturated rings. The van der Waals surface area contributed by atoms with E-state index in [2.05, 4.69) is 5.73 Å². The molecule has 7 nitrogen and oxygen atoms in total. The number of hydrogen-bond donors (Lipinski definition) is 2. The van der Waals surface area contributed by atoms with Crippen LogP contribution in [0.2, 0.25) is 0 Å². The third-order valence-electron chi connectivity index (χ3n) is 3.10. The molecule has 26 heavy (non-hydrogen) atoms. The lowest BCUT2D eigenvalue weighted by molar-refractivity contribution is -0.329. The van der Waals surface area contributed by atoms with Crippen LogP contribution in [0.5, 0.6) is 0 Å². The van der Waals surface area contributed by atoms with Gasteiger partial charge in [-0.3, -0.25) is 0 Å². The standard InChI is InChI=1S/C12H10F6N4O3S/c1-10(13,11(14,15)16)12(17,18)22(9(20)23)21-26(24,25)8-4-2-7(6-19)3-5-8/h2-5,21H,1H3,(H2,20,23). The number of halogens is 6. The summed E-state index contributed by atoms with van der Waals surface area (Å²) in [6.45, 7) is -0.584. The van der Waals surface area contributed by atoms with Crippen LogP contribution in [0.15, 0.2) is 29.2 Å². The highest BCUT2D eigenvalue weighted by Crippen LogP contribution is 2.46. The third-order valence-corrected chi connectivity index (χ3v) is 4.42. The van der Waals surface area contributed by atoms with Crippen LogP contribution in [-0.2, 0) is 10.0 Å². The molecule has 0 aromatic heterocycles. The van der Waals surface area contributed by atoms with Crippen LogP contribution < -0.4 is 10.6 Å². The predicted molar refractivity (Wildman–Crippen MR) is 73.4 cm³/mol. The van der Waals surface area contributed by atoms with Gasteiger partial charge in [-0.1, -0.05) is 0 Å². The fourth-order valence-electron chi connectivity index (χ4n) is 1.50. The zero-order valence-corrected chi connectivity index (χ0v) is 13.5. The summed E-state index contributed by atoms with van der Waals surface area (Å²) in [5.74, 6) is 0. The Morgan fingerprint density at radius 2 is 1.62 bits per heavy atom. The van der Waals surface area contributed by atoms with Gasteiger partial charge in [0.25, 0.3) is 15.7 Å². The van der Waals surface area contributed by atoms with Gasteiger partial charge in [-0.15, -0.1) is 4.83 Å². The summed E-state index contributed by atoms with van der Waals surface area (Å²) in [5.41, 5.74) is -0.853. The number of nitrogens with two attached hydrogens (primary N) is 1. The zero-order chi connectivity index (χ0) is 20.6. The van der Waals surface area contributed by atoms with Crippen molar-refractivity contribution in [2.45, 2.75) is 29.7 Å². The van der Waals surface area contributed by atoms with E-state index in [1.807, 2.05) is 0 Å². The Hall–Kier alpha value is -2.53. The summed E-state index contributed by atoms with van der Waals surface area (Å²) >= 11 is 0. The second-order valence-electron chi connectivity index (χ2n) is 4.95.